The average Bonchev–Trinajstić information content (AvgIpc) is 2.25. The van der Waals surface area contributed by atoms with Crippen molar-refractivity contribution < 1.29 is 9.59 Å². The highest BCUT2D eigenvalue weighted by molar-refractivity contribution is 5.76. The molecule has 2 amide bonds. The van der Waals surface area contributed by atoms with Crippen molar-refractivity contribution in [1.29, 1.82) is 0 Å². The molecule has 0 unspecified atom stereocenters. The molecular formula is C11H23N3O2. The smallest absolute Gasteiger partial charge is 0.223 e. The molecule has 0 spiro atoms. The number of nitrogens with zero attached hydrogens (tertiary/aromatic N) is 1. The molecule has 0 aromatic carbocycles. The highest BCUT2D eigenvalue weighted by Gasteiger charge is 2.03. The second-order valence-electron chi connectivity index (χ2n) is 3.89. The number of hydrogen-bond donors (Lipinski definition) is 2. The van der Waals surface area contributed by atoms with Gasteiger partial charge < -0.3 is 15.5 Å². The van der Waals surface area contributed by atoms with E-state index in [4.69, 9.17) is 0 Å². The molecule has 0 saturated heterocycles. The Morgan fingerprint density at radius 1 is 1.06 bits per heavy atom. The first-order chi connectivity index (χ1) is 7.57. The molecule has 0 rings (SSSR count). The lowest BCUT2D eigenvalue weighted by Gasteiger charge is -2.10. The van der Waals surface area contributed by atoms with Gasteiger partial charge in [0.25, 0.3) is 0 Å². The number of carbonyl (C=O) groups excluding carboxylic acids is 2. The van der Waals surface area contributed by atoms with Gasteiger partial charge >= 0.3 is 0 Å². The fraction of sp³-hybridized carbons (Fsp3) is 0.818. The Labute approximate surface area is 97.6 Å². The zero-order valence-corrected chi connectivity index (χ0v) is 10.5. The summed E-state index contributed by atoms with van der Waals surface area (Å²) in [6, 6.07) is 0. The summed E-state index contributed by atoms with van der Waals surface area (Å²) in [5.41, 5.74) is 0. The Balaban J connectivity index is 3.33. The van der Waals surface area contributed by atoms with Gasteiger partial charge in [-0.2, -0.15) is 0 Å². The standard InChI is InChI=1S/C11H23N3O2/c1-4-7-13-10(15)5-8-12-9-6-11(16)14(2)3/h12H,4-9H2,1-3H3,(H,13,15). The van der Waals surface area contributed by atoms with Crippen LogP contribution in [0, 0.1) is 0 Å². The van der Waals surface area contributed by atoms with Crippen molar-refractivity contribution in [3.8, 4) is 0 Å². The maximum absolute atomic E-state index is 11.2. The number of nitrogens with one attached hydrogen (secondary N) is 2. The van der Waals surface area contributed by atoms with E-state index in [2.05, 4.69) is 10.6 Å². The summed E-state index contributed by atoms with van der Waals surface area (Å²) in [6.07, 6.45) is 1.90. The van der Waals surface area contributed by atoms with Gasteiger partial charge in [-0.1, -0.05) is 6.92 Å². The zero-order valence-electron chi connectivity index (χ0n) is 10.5. The first kappa shape index (κ1) is 14.9. The molecule has 0 bridgehead atoms. The van der Waals surface area contributed by atoms with E-state index in [-0.39, 0.29) is 11.8 Å². The lowest BCUT2D eigenvalue weighted by Crippen LogP contribution is -2.30. The Morgan fingerprint density at radius 3 is 2.25 bits per heavy atom. The van der Waals surface area contributed by atoms with Gasteiger partial charge in [0.15, 0.2) is 0 Å². The maximum Gasteiger partial charge on any atom is 0.223 e. The normalized spacial score (nSPS) is 9.94. The maximum atomic E-state index is 11.2. The van der Waals surface area contributed by atoms with E-state index in [0.29, 0.717) is 25.9 Å². The molecule has 0 atom stereocenters. The molecule has 94 valence electrons. The number of carbonyl (C=O) groups is 2. The van der Waals surface area contributed by atoms with Crippen LogP contribution in [0.2, 0.25) is 0 Å². The molecule has 2 N–H and O–H groups in total. The molecule has 0 aromatic rings. The quantitative estimate of drug-likeness (QED) is 0.575. The lowest BCUT2D eigenvalue weighted by atomic mass is 10.3. The van der Waals surface area contributed by atoms with E-state index in [1.807, 2.05) is 6.92 Å². The highest BCUT2D eigenvalue weighted by atomic mass is 16.2. The van der Waals surface area contributed by atoms with Crippen LogP contribution in [0.4, 0.5) is 0 Å². The van der Waals surface area contributed by atoms with E-state index in [1.165, 1.54) is 0 Å². The minimum absolute atomic E-state index is 0.0632. The first-order valence-electron chi connectivity index (χ1n) is 5.75. The fourth-order valence-corrected chi connectivity index (χ4v) is 1.10. The Bertz CT molecular complexity index is 217. The molecule has 5 heteroatoms. The number of rotatable bonds is 8. The summed E-state index contributed by atoms with van der Waals surface area (Å²) >= 11 is 0. The Kier molecular flexibility index (Phi) is 8.52. The zero-order chi connectivity index (χ0) is 12.4. The monoisotopic (exact) mass is 229 g/mol. The van der Waals surface area contributed by atoms with E-state index in [1.54, 1.807) is 19.0 Å². The van der Waals surface area contributed by atoms with Gasteiger partial charge in [0.1, 0.15) is 0 Å². The second-order valence-corrected chi connectivity index (χ2v) is 3.89. The molecule has 0 aliphatic heterocycles. The third-order valence-electron chi connectivity index (χ3n) is 2.12. The lowest BCUT2D eigenvalue weighted by molar-refractivity contribution is -0.128. The number of amides is 2. The van der Waals surface area contributed by atoms with E-state index in [0.717, 1.165) is 13.0 Å². The molecule has 0 aliphatic carbocycles. The van der Waals surface area contributed by atoms with E-state index >= 15 is 0 Å². The van der Waals surface area contributed by atoms with Crippen molar-refractivity contribution in [2.24, 2.45) is 0 Å². The SMILES string of the molecule is CCCNC(=O)CCNCCC(=O)N(C)C. The summed E-state index contributed by atoms with van der Waals surface area (Å²) in [5, 5.41) is 5.87. The van der Waals surface area contributed by atoms with Crippen LogP contribution in [0.3, 0.4) is 0 Å². The third kappa shape index (κ3) is 8.23. The van der Waals surface area contributed by atoms with E-state index in [9.17, 15) is 9.59 Å². The minimum Gasteiger partial charge on any atom is -0.356 e. The molecule has 5 nitrogen and oxygen atoms in total. The predicted octanol–water partition coefficient (Wildman–Crippen LogP) is -0.0294. The van der Waals surface area contributed by atoms with Crippen LogP contribution >= 0.6 is 0 Å². The van der Waals surface area contributed by atoms with E-state index < -0.39 is 0 Å². The van der Waals surface area contributed by atoms with Crippen LogP contribution in [0.1, 0.15) is 26.2 Å². The highest BCUT2D eigenvalue weighted by Crippen LogP contribution is 1.85. The fourth-order valence-electron chi connectivity index (χ4n) is 1.10. The molecule has 0 aliphatic rings. The van der Waals surface area contributed by atoms with Crippen molar-refractivity contribution in [2.45, 2.75) is 26.2 Å². The van der Waals surface area contributed by atoms with Crippen LogP contribution in [0.5, 0.6) is 0 Å². The molecule has 0 fully saturated rings. The summed E-state index contributed by atoms with van der Waals surface area (Å²) < 4.78 is 0. The van der Waals surface area contributed by atoms with Gasteiger partial charge in [0.05, 0.1) is 0 Å². The van der Waals surface area contributed by atoms with Crippen molar-refractivity contribution in [3.05, 3.63) is 0 Å². The van der Waals surface area contributed by atoms with Crippen molar-refractivity contribution in [1.82, 2.24) is 15.5 Å². The summed E-state index contributed by atoms with van der Waals surface area (Å²) in [6.45, 7) is 4.00. The van der Waals surface area contributed by atoms with Crippen LogP contribution in [-0.4, -0.2) is 50.4 Å². The predicted molar refractivity (Wildman–Crippen MR) is 64.1 cm³/mol. The van der Waals surface area contributed by atoms with Gasteiger partial charge in [-0.25, -0.2) is 0 Å². The Hall–Kier alpha value is -1.10. The van der Waals surface area contributed by atoms with Gasteiger partial charge in [0, 0.05) is 46.6 Å². The topological polar surface area (TPSA) is 61.4 Å². The Morgan fingerprint density at radius 2 is 1.69 bits per heavy atom. The first-order valence-corrected chi connectivity index (χ1v) is 5.75. The van der Waals surface area contributed by atoms with Gasteiger partial charge in [-0.15, -0.1) is 0 Å². The van der Waals surface area contributed by atoms with Crippen molar-refractivity contribution >= 4 is 11.8 Å². The van der Waals surface area contributed by atoms with Gasteiger partial charge in [0.2, 0.25) is 11.8 Å². The van der Waals surface area contributed by atoms with Gasteiger partial charge in [-0.3, -0.25) is 9.59 Å². The van der Waals surface area contributed by atoms with Crippen LogP contribution < -0.4 is 10.6 Å². The molecular weight excluding hydrogens is 206 g/mol. The van der Waals surface area contributed by atoms with Crippen molar-refractivity contribution in [2.75, 3.05) is 33.7 Å². The molecule has 0 heterocycles. The van der Waals surface area contributed by atoms with Crippen molar-refractivity contribution in [3.63, 3.8) is 0 Å². The van der Waals surface area contributed by atoms with Crippen LogP contribution in [0.25, 0.3) is 0 Å². The largest absolute Gasteiger partial charge is 0.356 e. The molecule has 16 heavy (non-hydrogen) atoms. The minimum atomic E-state index is 0.0632. The molecule has 0 aromatic heterocycles. The van der Waals surface area contributed by atoms with Gasteiger partial charge in [-0.05, 0) is 6.42 Å². The third-order valence-corrected chi connectivity index (χ3v) is 2.12. The molecule has 0 saturated carbocycles. The summed E-state index contributed by atoms with van der Waals surface area (Å²) in [5.74, 6) is 0.163. The number of hydrogen-bond acceptors (Lipinski definition) is 3. The summed E-state index contributed by atoms with van der Waals surface area (Å²) in [4.78, 5) is 23.9. The van der Waals surface area contributed by atoms with Crippen LogP contribution in [-0.2, 0) is 9.59 Å². The van der Waals surface area contributed by atoms with Crippen LogP contribution in [0.15, 0.2) is 0 Å². The molecule has 0 radical (unpaired) electrons. The average molecular weight is 229 g/mol. The summed E-state index contributed by atoms with van der Waals surface area (Å²) in [7, 11) is 3.47. The second kappa shape index (κ2) is 9.15.